The first-order chi connectivity index (χ1) is 13.7. The first-order valence-electron chi connectivity index (χ1n) is 9.02. The number of rotatable bonds is 8. The number of nitrogens with zero attached hydrogens (tertiary/aromatic N) is 4. The second-order valence-corrected chi connectivity index (χ2v) is 6.00. The molecular formula is C21H22FN5O. The fourth-order valence-electron chi connectivity index (χ4n) is 2.78. The SMILES string of the molecule is CC=NC/C=C(\C=N)C1=Cn2cc(-c3ccc(OCCF)cn3)nc2C=CC1. The Kier molecular flexibility index (Phi) is 6.62. The van der Waals surface area contributed by atoms with Crippen molar-refractivity contribution in [3.63, 3.8) is 0 Å². The summed E-state index contributed by atoms with van der Waals surface area (Å²) in [5.41, 5.74) is 3.29. The average molecular weight is 379 g/mol. The van der Waals surface area contributed by atoms with Gasteiger partial charge in [-0.25, -0.2) is 9.37 Å². The van der Waals surface area contributed by atoms with Gasteiger partial charge in [0.15, 0.2) is 0 Å². The third kappa shape index (κ3) is 4.68. The van der Waals surface area contributed by atoms with Gasteiger partial charge in [0, 0.05) is 18.6 Å². The molecule has 0 bridgehead atoms. The molecule has 2 aromatic heterocycles. The average Bonchev–Trinajstić information content (AvgIpc) is 3.02. The molecule has 0 atom stereocenters. The van der Waals surface area contributed by atoms with E-state index in [9.17, 15) is 4.39 Å². The number of pyridine rings is 1. The quantitative estimate of drug-likeness (QED) is 0.698. The molecule has 1 N–H and O–H groups in total. The topological polar surface area (TPSA) is 76.2 Å². The highest BCUT2D eigenvalue weighted by Crippen LogP contribution is 2.24. The Bertz CT molecular complexity index is 938. The van der Waals surface area contributed by atoms with Crippen LogP contribution in [0, 0.1) is 5.41 Å². The van der Waals surface area contributed by atoms with E-state index >= 15 is 0 Å². The van der Waals surface area contributed by atoms with Gasteiger partial charge in [-0.1, -0.05) is 12.2 Å². The zero-order valence-electron chi connectivity index (χ0n) is 15.7. The van der Waals surface area contributed by atoms with E-state index in [1.807, 2.05) is 42.1 Å². The molecule has 1 aliphatic rings. The van der Waals surface area contributed by atoms with E-state index in [2.05, 4.69) is 15.0 Å². The van der Waals surface area contributed by atoms with Crippen molar-refractivity contribution in [2.45, 2.75) is 13.3 Å². The first-order valence-corrected chi connectivity index (χ1v) is 9.02. The Morgan fingerprint density at radius 3 is 3.00 bits per heavy atom. The van der Waals surface area contributed by atoms with Crippen molar-refractivity contribution < 1.29 is 9.13 Å². The number of halogens is 1. The number of hydrogen-bond donors (Lipinski definition) is 1. The van der Waals surface area contributed by atoms with E-state index in [1.165, 1.54) is 6.21 Å². The van der Waals surface area contributed by atoms with E-state index in [4.69, 9.17) is 10.1 Å². The van der Waals surface area contributed by atoms with Gasteiger partial charge in [0.25, 0.3) is 0 Å². The second-order valence-electron chi connectivity index (χ2n) is 6.00. The molecule has 2 aromatic rings. The lowest BCUT2D eigenvalue weighted by Crippen LogP contribution is -1.98. The summed E-state index contributed by atoms with van der Waals surface area (Å²) in [5.74, 6) is 1.32. The minimum Gasteiger partial charge on any atom is -0.489 e. The molecule has 0 radical (unpaired) electrons. The Morgan fingerprint density at radius 1 is 1.39 bits per heavy atom. The van der Waals surface area contributed by atoms with Crippen LogP contribution in [-0.2, 0) is 0 Å². The molecule has 0 aromatic carbocycles. The van der Waals surface area contributed by atoms with Crippen molar-refractivity contribution in [1.29, 1.82) is 5.41 Å². The normalized spacial score (nSPS) is 13.9. The fraction of sp³-hybridized carbons (Fsp3) is 0.238. The van der Waals surface area contributed by atoms with Crippen LogP contribution >= 0.6 is 0 Å². The van der Waals surface area contributed by atoms with Gasteiger partial charge >= 0.3 is 0 Å². The van der Waals surface area contributed by atoms with Crippen molar-refractivity contribution in [3.05, 3.63) is 53.6 Å². The molecule has 0 unspecified atom stereocenters. The van der Waals surface area contributed by atoms with Crippen LogP contribution in [0.15, 0.2) is 52.8 Å². The monoisotopic (exact) mass is 379 g/mol. The molecule has 1 aliphatic heterocycles. The van der Waals surface area contributed by atoms with Crippen molar-refractivity contribution >= 4 is 24.7 Å². The molecule has 28 heavy (non-hydrogen) atoms. The van der Waals surface area contributed by atoms with Crippen LogP contribution in [0.25, 0.3) is 23.7 Å². The number of ether oxygens (including phenoxy) is 1. The molecule has 6 nitrogen and oxygen atoms in total. The predicted molar refractivity (Wildman–Crippen MR) is 111 cm³/mol. The molecule has 0 amide bonds. The van der Waals surface area contributed by atoms with Crippen molar-refractivity contribution in [2.75, 3.05) is 19.8 Å². The zero-order chi connectivity index (χ0) is 19.8. The Labute approximate surface area is 163 Å². The summed E-state index contributed by atoms with van der Waals surface area (Å²) in [7, 11) is 0. The van der Waals surface area contributed by atoms with Gasteiger partial charge in [-0.3, -0.25) is 9.98 Å². The third-order valence-electron chi connectivity index (χ3n) is 4.13. The first kappa shape index (κ1) is 19.4. The Morgan fingerprint density at radius 2 is 2.29 bits per heavy atom. The molecule has 0 fully saturated rings. The highest BCUT2D eigenvalue weighted by atomic mass is 19.1. The highest BCUT2D eigenvalue weighted by Gasteiger charge is 2.12. The maximum atomic E-state index is 12.2. The number of aliphatic imine (C=N–C) groups is 1. The molecule has 144 valence electrons. The number of aromatic nitrogens is 3. The molecule has 3 rings (SSSR count). The molecule has 3 heterocycles. The van der Waals surface area contributed by atoms with Crippen LogP contribution in [0.4, 0.5) is 4.39 Å². The van der Waals surface area contributed by atoms with Crippen molar-refractivity contribution in [1.82, 2.24) is 14.5 Å². The largest absolute Gasteiger partial charge is 0.489 e. The molecule has 7 heteroatoms. The summed E-state index contributed by atoms with van der Waals surface area (Å²) in [6.07, 6.45) is 15.2. The smallest absolute Gasteiger partial charge is 0.137 e. The van der Waals surface area contributed by atoms with Gasteiger partial charge in [-0.05, 0) is 48.9 Å². The summed E-state index contributed by atoms with van der Waals surface area (Å²) >= 11 is 0. The second kappa shape index (κ2) is 9.55. The molecule has 0 saturated carbocycles. The fourth-order valence-corrected chi connectivity index (χ4v) is 2.78. The lowest BCUT2D eigenvalue weighted by atomic mass is 10.0. The minimum atomic E-state index is -0.534. The summed E-state index contributed by atoms with van der Waals surface area (Å²) in [4.78, 5) is 13.2. The van der Waals surface area contributed by atoms with Gasteiger partial charge < -0.3 is 14.7 Å². The van der Waals surface area contributed by atoms with Crippen LogP contribution in [0.2, 0.25) is 0 Å². The van der Waals surface area contributed by atoms with Gasteiger partial charge in [-0.2, -0.15) is 0 Å². The van der Waals surface area contributed by atoms with Gasteiger partial charge in [0.1, 0.15) is 30.5 Å². The molecular weight excluding hydrogens is 357 g/mol. The minimum absolute atomic E-state index is 0.0185. The lowest BCUT2D eigenvalue weighted by molar-refractivity contribution is 0.272. The molecule has 0 saturated heterocycles. The number of hydrogen-bond acceptors (Lipinski definition) is 5. The molecule has 0 spiro atoms. The summed E-state index contributed by atoms with van der Waals surface area (Å²) in [5, 5.41) is 7.71. The van der Waals surface area contributed by atoms with Crippen molar-refractivity contribution in [2.24, 2.45) is 4.99 Å². The Hall–Kier alpha value is -3.35. The van der Waals surface area contributed by atoms with Crippen LogP contribution < -0.4 is 4.74 Å². The van der Waals surface area contributed by atoms with E-state index in [0.717, 1.165) is 22.7 Å². The number of imidazole rings is 1. The Balaban J connectivity index is 1.86. The van der Waals surface area contributed by atoms with Gasteiger partial charge in [0.05, 0.1) is 18.4 Å². The maximum absolute atomic E-state index is 12.2. The summed E-state index contributed by atoms with van der Waals surface area (Å²) < 4.78 is 19.3. The van der Waals surface area contributed by atoms with Gasteiger partial charge in [-0.15, -0.1) is 0 Å². The van der Waals surface area contributed by atoms with Crippen LogP contribution in [-0.4, -0.2) is 46.8 Å². The van der Waals surface area contributed by atoms with E-state index < -0.39 is 6.67 Å². The van der Waals surface area contributed by atoms with Crippen LogP contribution in [0.1, 0.15) is 19.2 Å². The maximum Gasteiger partial charge on any atom is 0.137 e. The number of allylic oxidation sites excluding steroid dienone is 3. The predicted octanol–water partition coefficient (Wildman–Crippen LogP) is 4.22. The van der Waals surface area contributed by atoms with Crippen LogP contribution in [0.3, 0.4) is 0 Å². The lowest BCUT2D eigenvalue weighted by Gasteiger charge is -2.05. The van der Waals surface area contributed by atoms with E-state index in [-0.39, 0.29) is 6.61 Å². The summed E-state index contributed by atoms with van der Waals surface area (Å²) in [6.45, 7) is 1.90. The van der Waals surface area contributed by atoms with Gasteiger partial charge in [0.2, 0.25) is 0 Å². The third-order valence-corrected chi connectivity index (χ3v) is 4.13. The zero-order valence-corrected chi connectivity index (χ0v) is 15.7. The van der Waals surface area contributed by atoms with E-state index in [0.29, 0.717) is 24.4 Å². The van der Waals surface area contributed by atoms with E-state index in [1.54, 1.807) is 24.5 Å². The molecule has 0 aliphatic carbocycles. The standard InChI is InChI=1S/C21H22FN5O/c1-2-24-10-8-16(12-23)17-4-3-5-21-26-20(15-27(21)14-17)19-7-6-18(13-25-19)28-11-9-22/h2-3,5-8,12-15,23H,4,9-11H2,1H3/b16-8+,23-12?,24-2?. The number of alkyl halides is 1. The van der Waals surface area contributed by atoms with Crippen molar-refractivity contribution in [3.8, 4) is 17.1 Å². The van der Waals surface area contributed by atoms with Crippen LogP contribution in [0.5, 0.6) is 5.75 Å². The highest BCUT2D eigenvalue weighted by molar-refractivity contribution is 5.84. The summed E-state index contributed by atoms with van der Waals surface area (Å²) in [6, 6.07) is 3.56. The number of nitrogens with one attached hydrogen (secondary N) is 1. The number of fused-ring (bicyclic) bond motifs is 1.